The van der Waals surface area contributed by atoms with Crippen molar-refractivity contribution in [3.63, 3.8) is 0 Å². The SMILES string of the molecule is FC1(F)C(F)(F)C(F)(F)C(F)(F)C(F)(F)C(F)(F)C(F)(F)C(F)(F)C(F)(F)C(F)(F)C(F)(F)C1(F)F. The van der Waals surface area contributed by atoms with Crippen LogP contribution in [0.2, 0.25) is 0 Å². The largest absolute Gasteiger partial charge is 0.385 e. The highest BCUT2D eigenvalue weighted by Gasteiger charge is 3.03. The van der Waals surface area contributed by atoms with Gasteiger partial charge >= 0.3 is 71.1 Å². The number of hydrogen-bond acceptors (Lipinski definition) is 0. The Balaban J connectivity index is 4.55. The van der Waals surface area contributed by atoms with Gasteiger partial charge < -0.3 is 0 Å². The molecular formula is C12F24. The maximum atomic E-state index is 13.3. The molecular weight excluding hydrogens is 600 g/mol. The van der Waals surface area contributed by atoms with E-state index in [2.05, 4.69) is 0 Å². The summed E-state index contributed by atoms with van der Waals surface area (Å²) in [5, 5.41) is 0. The van der Waals surface area contributed by atoms with Crippen LogP contribution >= 0.6 is 0 Å². The van der Waals surface area contributed by atoms with E-state index in [1.165, 1.54) is 0 Å². The van der Waals surface area contributed by atoms with Gasteiger partial charge in [-0.25, -0.2) is 0 Å². The lowest BCUT2D eigenvalue weighted by Crippen LogP contribution is -2.82. The molecule has 0 bridgehead atoms. The summed E-state index contributed by atoms with van der Waals surface area (Å²) in [6, 6.07) is 0. The summed E-state index contributed by atoms with van der Waals surface area (Å²) in [5.74, 6) is -113. The van der Waals surface area contributed by atoms with Gasteiger partial charge in [0.2, 0.25) is 0 Å². The first-order chi connectivity index (χ1) is 15.0. The molecule has 0 heterocycles. The average Bonchev–Trinajstić information content (AvgIpc) is 2.65. The van der Waals surface area contributed by atoms with Crippen molar-refractivity contribution in [2.75, 3.05) is 0 Å². The lowest BCUT2D eigenvalue weighted by atomic mass is 9.80. The van der Waals surface area contributed by atoms with Gasteiger partial charge in [0.15, 0.2) is 0 Å². The molecule has 24 heteroatoms. The fourth-order valence-corrected chi connectivity index (χ4v) is 2.37. The summed E-state index contributed by atoms with van der Waals surface area (Å²) in [5.41, 5.74) is 0. The van der Waals surface area contributed by atoms with Crippen molar-refractivity contribution in [3.8, 4) is 0 Å². The molecule has 0 radical (unpaired) electrons. The Bertz CT molecular complexity index is 567. The van der Waals surface area contributed by atoms with Crippen LogP contribution < -0.4 is 0 Å². The number of hydrogen-bond donors (Lipinski definition) is 0. The molecule has 0 aromatic heterocycles. The third kappa shape index (κ3) is 2.80. The molecule has 1 fully saturated rings. The predicted molar refractivity (Wildman–Crippen MR) is 59.4 cm³/mol. The van der Waals surface area contributed by atoms with Gasteiger partial charge in [-0.15, -0.1) is 0 Å². The van der Waals surface area contributed by atoms with Crippen LogP contribution in [0.5, 0.6) is 0 Å². The molecule has 0 N–H and O–H groups in total. The first-order valence-electron chi connectivity index (χ1n) is 7.54. The van der Waals surface area contributed by atoms with Crippen LogP contribution in [0.15, 0.2) is 0 Å². The number of alkyl halides is 24. The molecule has 0 unspecified atom stereocenters. The summed E-state index contributed by atoms with van der Waals surface area (Å²) in [6.07, 6.45) is 0. The molecule has 0 nitrogen and oxygen atoms in total. The maximum Gasteiger partial charge on any atom is 0.385 e. The van der Waals surface area contributed by atoms with Crippen LogP contribution in [-0.4, -0.2) is 71.1 Å². The lowest BCUT2D eigenvalue weighted by Gasteiger charge is -2.49. The van der Waals surface area contributed by atoms with Gasteiger partial charge in [0.25, 0.3) is 0 Å². The van der Waals surface area contributed by atoms with Crippen molar-refractivity contribution in [3.05, 3.63) is 0 Å². The van der Waals surface area contributed by atoms with Crippen LogP contribution in [0.4, 0.5) is 105 Å². The molecule has 216 valence electrons. The van der Waals surface area contributed by atoms with E-state index >= 15 is 0 Å². The molecule has 0 aromatic carbocycles. The molecule has 1 saturated carbocycles. The lowest BCUT2D eigenvalue weighted by molar-refractivity contribution is -0.506. The Labute approximate surface area is 178 Å². The highest BCUT2D eigenvalue weighted by atomic mass is 19.4. The highest BCUT2D eigenvalue weighted by Crippen LogP contribution is 2.71. The Hall–Kier alpha value is -1.68. The first-order valence-corrected chi connectivity index (χ1v) is 7.54. The number of halogens is 24. The van der Waals surface area contributed by atoms with Crippen molar-refractivity contribution >= 4 is 0 Å². The Morgan fingerprint density at radius 2 is 0.139 bits per heavy atom. The van der Waals surface area contributed by atoms with E-state index < -0.39 is 71.1 Å². The van der Waals surface area contributed by atoms with Gasteiger partial charge in [0, 0.05) is 0 Å². The van der Waals surface area contributed by atoms with Crippen molar-refractivity contribution in [1.82, 2.24) is 0 Å². The van der Waals surface area contributed by atoms with E-state index in [0.717, 1.165) is 0 Å². The van der Waals surface area contributed by atoms with Crippen LogP contribution in [0.1, 0.15) is 0 Å². The van der Waals surface area contributed by atoms with E-state index in [9.17, 15) is 105 Å². The van der Waals surface area contributed by atoms with Crippen LogP contribution in [0.3, 0.4) is 0 Å². The molecule has 0 aromatic rings. The second-order valence-electron chi connectivity index (χ2n) is 6.89. The normalized spacial score (nSPS) is 34.0. The molecule has 1 rings (SSSR count). The van der Waals surface area contributed by atoms with Crippen molar-refractivity contribution in [2.24, 2.45) is 0 Å². The van der Waals surface area contributed by atoms with Crippen molar-refractivity contribution < 1.29 is 105 Å². The molecule has 0 atom stereocenters. The second kappa shape index (κ2) is 7.04. The van der Waals surface area contributed by atoms with E-state index in [1.807, 2.05) is 0 Å². The van der Waals surface area contributed by atoms with Crippen molar-refractivity contribution in [2.45, 2.75) is 71.1 Å². The fraction of sp³-hybridized carbons (Fsp3) is 1.00. The molecule has 1 aliphatic carbocycles. The molecule has 0 aliphatic heterocycles. The summed E-state index contributed by atoms with van der Waals surface area (Å²) in [4.78, 5) is 0. The van der Waals surface area contributed by atoms with Gasteiger partial charge in [0.05, 0.1) is 0 Å². The molecule has 36 heavy (non-hydrogen) atoms. The Morgan fingerprint density at radius 1 is 0.111 bits per heavy atom. The molecule has 1 aliphatic rings. The minimum atomic E-state index is -9.40. The van der Waals surface area contributed by atoms with E-state index in [4.69, 9.17) is 0 Å². The Morgan fingerprint density at radius 3 is 0.167 bits per heavy atom. The van der Waals surface area contributed by atoms with Gasteiger partial charge in [-0.05, 0) is 0 Å². The minimum Gasteiger partial charge on any atom is -0.192 e. The first kappa shape index (κ1) is 32.3. The fourth-order valence-electron chi connectivity index (χ4n) is 2.37. The van der Waals surface area contributed by atoms with Gasteiger partial charge in [-0.1, -0.05) is 0 Å². The van der Waals surface area contributed by atoms with Crippen LogP contribution in [0.25, 0.3) is 0 Å². The quantitative estimate of drug-likeness (QED) is 0.251. The summed E-state index contributed by atoms with van der Waals surface area (Å²) >= 11 is 0. The third-order valence-corrected chi connectivity index (χ3v) is 4.73. The Kier molecular flexibility index (Phi) is 6.32. The molecule has 0 saturated heterocycles. The van der Waals surface area contributed by atoms with Gasteiger partial charge in [-0.2, -0.15) is 105 Å². The standard InChI is InChI=1S/C12F24/c13-1(14)2(15,16)4(19,20)6(23,24)8(27,28)10(31,32)12(35,36)11(33,34)9(29,30)7(25,26)5(21,22)3(1,17)18. The van der Waals surface area contributed by atoms with E-state index in [-0.39, 0.29) is 0 Å². The summed E-state index contributed by atoms with van der Waals surface area (Å²) in [7, 11) is 0. The molecule has 0 amide bonds. The molecule has 0 spiro atoms. The van der Waals surface area contributed by atoms with Crippen molar-refractivity contribution in [1.29, 1.82) is 0 Å². The summed E-state index contributed by atoms with van der Waals surface area (Å²) in [6.45, 7) is 0. The second-order valence-corrected chi connectivity index (χ2v) is 6.89. The van der Waals surface area contributed by atoms with E-state index in [1.54, 1.807) is 0 Å². The third-order valence-electron chi connectivity index (χ3n) is 4.73. The monoisotopic (exact) mass is 600 g/mol. The predicted octanol–water partition coefficient (Wildman–Crippen LogP) is 7.62. The van der Waals surface area contributed by atoms with Crippen LogP contribution in [0, 0.1) is 0 Å². The zero-order chi connectivity index (χ0) is 30.0. The zero-order valence-corrected chi connectivity index (χ0v) is 15.1. The minimum absolute atomic E-state index is 9.40. The van der Waals surface area contributed by atoms with Gasteiger partial charge in [-0.3, -0.25) is 0 Å². The summed E-state index contributed by atoms with van der Waals surface area (Å²) < 4.78 is 320. The average molecular weight is 600 g/mol. The smallest absolute Gasteiger partial charge is 0.192 e. The number of rotatable bonds is 0. The van der Waals surface area contributed by atoms with E-state index in [0.29, 0.717) is 0 Å². The highest BCUT2D eigenvalue weighted by molar-refractivity contribution is 5.24. The van der Waals surface area contributed by atoms with Crippen LogP contribution in [-0.2, 0) is 0 Å². The topological polar surface area (TPSA) is 0 Å². The maximum absolute atomic E-state index is 13.3. The van der Waals surface area contributed by atoms with Gasteiger partial charge in [0.1, 0.15) is 0 Å². The zero-order valence-electron chi connectivity index (χ0n) is 15.1.